The number of carbonyl (C=O) groups is 2. The largest absolute Gasteiger partial charge is 0.482 e. The highest BCUT2D eigenvalue weighted by atomic mass is 16.6. The topological polar surface area (TPSA) is 79.6 Å². The first kappa shape index (κ1) is 20.5. The Morgan fingerprint density at radius 3 is 2.52 bits per heavy atom. The average molecular weight is 346 g/mol. The zero-order chi connectivity index (χ0) is 19.0. The molecule has 0 heterocycles. The van der Waals surface area contributed by atoms with Crippen molar-refractivity contribution in [2.24, 2.45) is 0 Å². The Labute approximate surface area is 149 Å². The zero-order valence-corrected chi connectivity index (χ0v) is 15.5. The van der Waals surface area contributed by atoms with Gasteiger partial charge in [0.05, 0.1) is 12.5 Å². The number of amides is 1. The van der Waals surface area contributed by atoms with Gasteiger partial charge in [0.1, 0.15) is 5.75 Å². The molecule has 6 nitrogen and oxygen atoms in total. The van der Waals surface area contributed by atoms with E-state index in [0.717, 1.165) is 5.56 Å². The van der Waals surface area contributed by atoms with Crippen molar-refractivity contribution in [2.75, 3.05) is 20.2 Å². The van der Waals surface area contributed by atoms with Gasteiger partial charge in [-0.2, -0.15) is 5.26 Å². The van der Waals surface area contributed by atoms with Gasteiger partial charge >= 0.3 is 5.97 Å². The van der Waals surface area contributed by atoms with Crippen molar-refractivity contribution < 1.29 is 19.1 Å². The molecule has 1 aromatic rings. The Balaban J connectivity index is 2.50. The molecular weight excluding hydrogens is 320 g/mol. The van der Waals surface area contributed by atoms with Crippen molar-refractivity contribution in [3.8, 4) is 11.8 Å². The van der Waals surface area contributed by atoms with Crippen LogP contribution >= 0.6 is 0 Å². The lowest BCUT2D eigenvalue weighted by molar-refractivity contribution is -0.160. The second kappa shape index (κ2) is 9.67. The first-order valence-corrected chi connectivity index (χ1v) is 8.31. The van der Waals surface area contributed by atoms with Crippen molar-refractivity contribution in [3.05, 3.63) is 29.3 Å². The normalized spacial score (nSPS) is 11.6. The number of carbonyl (C=O) groups excluding carboxylic acids is 2. The number of esters is 1. The SMILES string of the molecule is Cc1cc(OCC(=O)O[C@@H](C)C(=O)N(C)CCC#N)ccc1C(C)C. The number of ether oxygens (including phenoxy) is 2. The molecule has 0 unspecified atom stereocenters. The lowest BCUT2D eigenvalue weighted by Crippen LogP contribution is -2.38. The summed E-state index contributed by atoms with van der Waals surface area (Å²) in [5.41, 5.74) is 2.33. The number of nitriles is 1. The van der Waals surface area contributed by atoms with Gasteiger partial charge in [0.2, 0.25) is 0 Å². The number of hydrogen-bond donors (Lipinski definition) is 0. The van der Waals surface area contributed by atoms with Crippen LogP contribution in [0.15, 0.2) is 18.2 Å². The summed E-state index contributed by atoms with van der Waals surface area (Å²) in [6, 6.07) is 7.65. The molecule has 0 radical (unpaired) electrons. The molecule has 1 rings (SSSR count). The lowest BCUT2D eigenvalue weighted by Gasteiger charge is -2.20. The Hall–Kier alpha value is -2.55. The monoisotopic (exact) mass is 346 g/mol. The van der Waals surface area contributed by atoms with Gasteiger partial charge in [-0.1, -0.05) is 19.9 Å². The fourth-order valence-corrected chi connectivity index (χ4v) is 2.45. The van der Waals surface area contributed by atoms with Crippen LogP contribution in [-0.2, 0) is 14.3 Å². The van der Waals surface area contributed by atoms with Gasteiger partial charge in [0.15, 0.2) is 12.7 Å². The number of nitrogens with zero attached hydrogens (tertiary/aromatic N) is 2. The molecular formula is C19H26N2O4. The molecule has 0 aliphatic rings. The molecule has 0 N–H and O–H groups in total. The van der Waals surface area contributed by atoms with Crippen LogP contribution in [0.25, 0.3) is 0 Å². The van der Waals surface area contributed by atoms with Crippen LogP contribution in [0.5, 0.6) is 5.75 Å². The van der Waals surface area contributed by atoms with Crippen molar-refractivity contribution in [2.45, 2.75) is 46.1 Å². The summed E-state index contributed by atoms with van der Waals surface area (Å²) < 4.78 is 10.5. The molecule has 1 amide bonds. The third-order valence-electron chi connectivity index (χ3n) is 3.81. The number of aryl methyl sites for hydroxylation is 1. The number of benzene rings is 1. The van der Waals surface area contributed by atoms with Crippen molar-refractivity contribution in [1.82, 2.24) is 4.90 Å². The van der Waals surface area contributed by atoms with Crippen molar-refractivity contribution >= 4 is 11.9 Å². The van der Waals surface area contributed by atoms with Crippen LogP contribution in [0.3, 0.4) is 0 Å². The predicted octanol–water partition coefficient (Wildman–Crippen LogP) is 2.80. The van der Waals surface area contributed by atoms with Gasteiger partial charge in [0, 0.05) is 13.6 Å². The summed E-state index contributed by atoms with van der Waals surface area (Å²) in [6.07, 6.45) is -0.678. The summed E-state index contributed by atoms with van der Waals surface area (Å²) in [5, 5.41) is 8.54. The highest BCUT2D eigenvalue weighted by Gasteiger charge is 2.21. The van der Waals surface area contributed by atoms with E-state index in [4.69, 9.17) is 14.7 Å². The summed E-state index contributed by atoms with van der Waals surface area (Å²) in [4.78, 5) is 25.2. The van der Waals surface area contributed by atoms with Crippen LogP contribution in [0.4, 0.5) is 0 Å². The molecule has 136 valence electrons. The van der Waals surface area contributed by atoms with Gasteiger partial charge < -0.3 is 14.4 Å². The van der Waals surface area contributed by atoms with Crippen LogP contribution < -0.4 is 4.74 Å². The van der Waals surface area contributed by atoms with E-state index < -0.39 is 12.1 Å². The highest BCUT2D eigenvalue weighted by molar-refractivity contribution is 5.83. The molecule has 6 heteroatoms. The van der Waals surface area contributed by atoms with Crippen molar-refractivity contribution in [3.63, 3.8) is 0 Å². The minimum absolute atomic E-state index is 0.234. The molecule has 0 spiro atoms. The molecule has 0 aliphatic carbocycles. The fourth-order valence-electron chi connectivity index (χ4n) is 2.45. The van der Waals surface area contributed by atoms with Gasteiger partial charge in [-0.05, 0) is 43.0 Å². The lowest BCUT2D eigenvalue weighted by atomic mass is 9.98. The number of hydrogen-bond acceptors (Lipinski definition) is 5. The Morgan fingerprint density at radius 2 is 1.96 bits per heavy atom. The van der Waals surface area contributed by atoms with E-state index in [1.54, 1.807) is 7.05 Å². The van der Waals surface area contributed by atoms with E-state index in [-0.39, 0.29) is 18.9 Å². The molecule has 0 fully saturated rings. The number of likely N-dealkylation sites (N-methyl/N-ethyl adjacent to an activating group) is 1. The maximum Gasteiger partial charge on any atom is 0.344 e. The minimum atomic E-state index is -0.912. The standard InChI is InChI=1S/C19H26N2O4/c1-13(2)17-8-7-16(11-14(17)3)24-12-18(22)25-15(4)19(23)21(5)10-6-9-20/h7-8,11,13,15H,6,10,12H2,1-5H3/t15-/m0/s1. The summed E-state index contributed by atoms with van der Waals surface area (Å²) in [7, 11) is 1.57. The predicted molar refractivity (Wildman–Crippen MR) is 94.2 cm³/mol. The van der Waals surface area contributed by atoms with E-state index >= 15 is 0 Å². The second-order valence-corrected chi connectivity index (χ2v) is 6.26. The van der Waals surface area contributed by atoms with Crippen LogP contribution in [-0.4, -0.2) is 43.1 Å². The van der Waals surface area contributed by atoms with Crippen LogP contribution in [0.2, 0.25) is 0 Å². The van der Waals surface area contributed by atoms with E-state index in [1.807, 2.05) is 31.2 Å². The van der Waals surface area contributed by atoms with Gasteiger partial charge in [0.25, 0.3) is 5.91 Å². The minimum Gasteiger partial charge on any atom is -0.482 e. The highest BCUT2D eigenvalue weighted by Crippen LogP contribution is 2.23. The van der Waals surface area contributed by atoms with E-state index in [1.165, 1.54) is 17.4 Å². The van der Waals surface area contributed by atoms with Crippen molar-refractivity contribution in [1.29, 1.82) is 5.26 Å². The molecule has 1 aromatic carbocycles. The quantitative estimate of drug-likeness (QED) is 0.676. The smallest absolute Gasteiger partial charge is 0.344 e. The first-order valence-electron chi connectivity index (χ1n) is 8.31. The van der Waals surface area contributed by atoms with E-state index in [9.17, 15) is 9.59 Å². The Kier molecular flexibility index (Phi) is 7.93. The van der Waals surface area contributed by atoms with Gasteiger partial charge in [-0.25, -0.2) is 4.79 Å². The Bertz CT molecular complexity index is 649. The fraction of sp³-hybridized carbons (Fsp3) is 0.526. The second-order valence-electron chi connectivity index (χ2n) is 6.26. The maximum absolute atomic E-state index is 12.0. The van der Waals surface area contributed by atoms with Crippen LogP contribution in [0, 0.1) is 18.3 Å². The summed E-state index contributed by atoms with van der Waals surface area (Å²) >= 11 is 0. The zero-order valence-electron chi connectivity index (χ0n) is 15.5. The molecule has 25 heavy (non-hydrogen) atoms. The average Bonchev–Trinajstić information content (AvgIpc) is 2.56. The van der Waals surface area contributed by atoms with Gasteiger partial charge in [-0.3, -0.25) is 4.79 Å². The summed E-state index contributed by atoms with van der Waals surface area (Å²) in [6.45, 7) is 7.77. The molecule has 0 aliphatic heterocycles. The molecule has 1 atom stereocenters. The molecule has 0 aromatic heterocycles. The van der Waals surface area contributed by atoms with E-state index in [2.05, 4.69) is 13.8 Å². The van der Waals surface area contributed by atoms with Crippen LogP contribution in [0.1, 0.15) is 44.2 Å². The molecule has 0 bridgehead atoms. The third-order valence-corrected chi connectivity index (χ3v) is 3.81. The molecule has 0 saturated carbocycles. The Morgan fingerprint density at radius 1 is 1.28 bits per heavy atom. The molecule has 0 saturated heterocycles. The number of rotatable bonds is 8. The van der Waals surface area contributed by atoms with Gasteiger partial charge in [-0.15, -0.1) is 0 Å². The van der Waals surface area contributed by atoms with E-state index in [0.29, 0.717) is 18.2 Å². The third kappa shape index (κ3) is 6.46. The first-order chi connectivity index (χ1) is 11.8. The maximum atomic E-state index is 12.0. The summed E-state index contributed by atoms with van der Waals surface area (Å²) in [5.74, 6) is 0.0497.